The van der Waals surface area contributed by atoms with Gasteiger partial charge in [-0.15, -0.1) is 0 Å². The van der Waals surface area contributed by atoms with Crippen molar-refractivity contribution in [1.82, 2.24) is 5.32 Å². The Labute approximate surface area is 109 Å². The van der Waals surface area contributed by atoms with Crippen molar-refractivity contribution in [2.75, 3.05) is 12.8 Å². The summed E-state index contributed by atoms with van der Waals surface area (Å²) in [6.45, 7) is 4.17. The molecule has 0 bridgehead atoms. The third-order valence-corrected chi connectivity index (χ3v) is 2.97. The number of nitrogens with two attached hydrogens (primary N) is 1. The van der Waals surface area contributed by atoms with Crippen molar-refractivity contribution < 1.29 is 9.53 Å². The first-order chi connectivity index (χ1) is 8.63. The van der Waals surface area contributed by atoms with Crippen LogP contribution in [0.5, 0.6) is 5.75 Å². The van der Waals surface area contributed by atoms with Crippen molar-refractivity contribution in [3.05, 3.63) is 23.8 Å². The van der Waals surface area contributed by atoms with Crippen molar-refractivity contribution in [2.45, 2.75) is 39.2 Å². The predicted molar refractivity (Wildman–Crippen MR) is 73.9 cm³/mol. The fraction of sp³-hybridized carbons (Fsp3) is 0.500. The van der Waals surface area contributed by atoms with Crippen molar-refractivity contribution in [3.63, 3.8) is 0 Å². The summed E-state index contributed by atoms with van der Waals surface area (Å²) in [5.74, 6) is 0.351. The Morgan fingerprint density at radius 1 is 1.44 bits per heavy atom. The number of amides is 1. The number of hydrogen-bond acceptors (Lipinski definition) is 3. The van der Waals surface area contributed by atoms with Gasteiger partial charge >= 0.3 is 0 Å². The van der Waals surface area contributed by atoms with Gasteiger partial charge in [0.25, 0.3) is 5.91 Å². The Morgan fingerprint density at radius 3 is 2.72 bits per heavy atom. The molecule has 0 saturated heterocycles. The van der Waals surface area contributed by atoms with E-state index in [1.807, 2.05) is 0 Å². The average molecular weight is 250 g/mol. The van der Waals surface area contributed by atoms with E-state index in [0.29, 0.717) is 17.0 Å². The SMILES string of the molecule is CCCC(CC)NC(=O)c1c(N)cccc1OC. The molecule has 0 spiro atoms. The van der Waals surface area contributed by atoms with Gasteiger partial charge in [0, 0.05) is 11.7 Å². The Kier molecular flexibility index (Phi) is 5.49. The normalized spacial score (nSPS) is 11.9. The topological polar surface area (TPSA) is 64.4 Å². The molecule has 0 saturated carbocycles. The Balaban J connectivity index is 2.89. The van der Waals surface area contributed by atoms with Crippen LogP contribution in [-0.4, -0.2) is 19.1 Å². The number of anilines is 1. The second-order valence-corrected chi connectivity index (χ2v) is 4.29. The molecule has 0 fully saturated rings. The minimum atomic E-state index is -0.162. The Morgan fingerprint density at radius 2 is 2.17 bits per heavy atom. The van der Waals surface area contributed by atoms with Gasteiger partial charge in [-0.3, -0.25) is 4.79 Å². The van der Waals surface area contributed by atoms with Crippen LogP contribution in [0, 0.1) is 0 Å². The highest BCUT2D eigenvalue weighted by Gasteiger charge is 2.18. The Bertz CT molecular complexity index is 405. The minimum absolute atomic E-state index is 0.162. The number of nitrogens with one attached hydrogen (secondary N) is 1. The molecular weight excluding hydrogens is 228 g/mol. The lowest BCUT2D eigenvalue weighted by Gasteiger charge is -2.18. The Hall–Kier alpha value is -1.71. The van der Waals surface area contributed by atoms with E-state index in [4.69, 9.17) is 10.5 Å². The van der Waals surface area contributed by atoms with Crippen LogP contribution in [0.1, 0.15) is 43.5 Å². The molecule has 0 radical (unpaired) electrons. The van der Waals surface area contributed by atoms with Gasteiger partial charge in [-0.25, -0.2) is 0 Å². The van der Waals surface area contributed by atoms with Crippen LogP contribution < -0.4 is 15.8 Å². The van der Waals surface area contributed by atoms with Crippen molar-refractivity contribution in [1.29, 1.82) is 0 Å². The van der Waals surface area contributed by atoms with Gasteiger partial charge in [0.05, 0.1) is 7.11 Å². The largest absolute Gasteiger partial charge is 0.496 e. The number of carbonyl (C=O) groups excluding carboxylic acids is 1. The molecule has 0 heterocycles. The number of hydrogen-bond donors (Lipinski definition) is 2. The monoisotopic (exact) mass is 250 g/mol. The van der Waals surface area contributed by atoms with Crippen molar-refractivity contribution in [2.24, 2.45) is 0 Å². The lowest BCUT2D eigenvalue weighted by Crippen LogP contribution is -2.34. The minimum Gasteiger partial charge on any atom is -0.496 e. The smallest absolute Gasteiger partial charge is 0.257 e. The van der Waals surface area contributed by atoms with Gasteiger partial charge in [-0.05, 0) is 25.0 Å². The molecule has 100 valence electrons. The van der Waals surface area contributed by atoms with E-state index >= 15 is 0 Å². The maximum absolute atomic E-state index is 12.2. The molecule has 0 aliphatic carbocycles. The average Bonchev–Trinajstić information content (AvgIpc) is 2.37. The van der Waals surface area contributed by atoms with Crippen LogP contribution in [-0.2, 0) is 0 Å². The highest BCUT2D eigenvalue weighted by molar-refractivity contribution is 6.02. The molecule has 0 aliphatic heterocycles. The number of nitrogen functional groups attached to an aromatic ring is 1. The van der Waals surface area contributed by atoms with Crippen LogP contribution in [0.4, 0.5) is 5.69 Å². The predicted octanol–water partition coefficient (Wildman–Crippen LogP) is 2.59. The van der Waals surface area contributed by atoms with Crippen LogP contribution in [0.2, 0.25) is 0 Å². The summed E-state index contributed by atoms with van der Waals surface area (Å²) in [5.41, 5.74) is 6.72. The van der Waals surface area contributed by atoms with E-state index < -0.39 is 0 Å². The quantitative estimate of drug-likeness (QED) is 0.763. The molecule has 1 atom stereocenters. The van der Waals surface area contributed by atoms with Crippen LogP contribution in [0.3, 0.4) is 0 Å². The van der Waals surface area contributed by atoms with E-state index in [0.717, 1.165) is 19.3 Å². The van der Waals surface area contributed by atoms with Gasteiger partial charge in [-0.2, -0.15) is 0 Å². The first kappa shape index (κ1) is 14.4. The van der Waals surface area contributed by atoms with E-state index in [1.165, 1.54) is 7.11 Å². The lowest BCUT2D eigenvalue weighted by atomic mass is 10.1. The maximum atomic E-state index is 12.2. The summed E-state index contributed by atoms with van der Waals surface area (Å²) >= 11 is 0. The molecule has 1 aromatic rings. The molecule has 1 rings (SSSR count). The second kappa shape index (κ2) is 6.89. The van der Waals surface area contributed by atoms with Gasteiger partial charge < -0.3 is 15.8 Å². The number of carbonyl (C=O) groups is 1. The van der Waals surface area contributed by atoms with Crippen LogP contribution in [0.25, 0.3) is 0 Å². The summed E-state index contributed by atoms with van der Waals surface area (Å²) in [4.78, 5) is 12.2. The summed E-state index contributed by atoms with van der Waals surface area (Å²) in [6.07, 6.45) is 2.92. The number of rotatable bonds is 6. The van der Waals surface area contributed by atoms with Crippen LogP contribution in [0.15, 0.2) is 18.2 Å². The zero-order valence-electron chi connectivity index (χ0n) is 11.3. The molecule has 1 unspecified atom stereocenters. The molecule has 0 aromatic heterocycles. The highest BCUT2D eigenvalue weighted by atomic mass is 16.5. The molecule has 4 heteroatoms. The van der Waals surface area contributed by atoms with E-state index in [1.54, 1.807) is 18.2 Å². The standard InChI is InChI=1S/C14H22N2O2/c1-4-7-10(5-2)16-14(17)13-11(15)8-6-9-12(13)18-3/h6,8-10H,4-5,7,15H2,1-3H3,(H,16,17). The maximum Gasteiger partial charge on any atom is 0.257 e. The van der Waals surface area contributed by atoms with E-state index in [-0.39, 0.29) is 11.9 Å². The zero-order valence-corrected chi connectivity index (χ0v) is 11.3. The van der Waals surface area contributed by atoms with Gasteiger partial charge in [0.15, 0.2) is 0 Å². The van der Waals surface area contributed by atoms with Gasteiger partial charge in [0.2, 0.25) is 0 Å². The molecule has 1 aromatic carbocycles. The third-order valence-electron chi connectivity index (χ3n) is 2.97. The van der Waals surface area contributed by atoms with Crippen LogP contribution >= 0.6 is 0 Å². The fourth-order valence-corrected chi connectivity index (χ4v) is 1.95. The molecular formula is C14H22N2O2. The highest BCUT2D eigenvalue weighted by Crippen LogP contribution is 2.24. The molecule has 3 N–H and O–H groups in total. The summed E-state index contributed by atoms with van der Waals surface area (Å²) in [7, 11) is 1.54. The lowest BCUT2D eigenvalue weighted by molar-refractivity contribution is 0.0931. The van der Waals surface area contributed by atoms with Crippen molar-refractivity contribution in [3.8, 4) is 5.75 Å². The van der Waals surface area contributed by atoms with Gasteiger partial charge in [-0.1, -0.05) is 26.3 Å². The molecule has 4 nitrogen and oxygen atoms in total. The third kappa shape index (κ3) is 3.39. The first-order valence-corrected chi connectivity index (χ1v) is 6.37. The molecule has 1 amide bonds. The molecule has 18 heavy (non-hydrogen) atoms. The van der Waals surface area contributed by atoms with E-state index in [9.17, 15) is 4.79 Å². The fourth-order valence-electron chi connectivity index (χ4n) is 1.95. The van der Waals surface area contributed by atoms with Gasteiger partial charge in [0.1, 0.15) is 11.3 Å². The summed E-state index contributed by atoms with van der Waals surface area (Å²) < 4.78 is 5.18. The number of benzene rings is 1. The second-order valence-electron chi connectivity index (χ2n) is 4.29. The zero-order chi connectivity index (χ0) is 13.5. The number of ether oxygens (including phenoxy) is 1. The summed E-state index contributed by atoms with van der Waals surface area (Å²) in [5, 5.41) is 3.00. The first-order valence-electron chi connectivity index (χ1n) is 6.37. The molecule has 0 aliphatic rings. The van der Waals surface area contributed by atoms with E-state index in [2.05, 4.69) is 19.2 Å². The summed E-state index contributed by atoms with van der Waals surface area (Å²) in [6, 6.07) is 5.41. The van der Waals surface area contributed by atoms with Crippen molar-refractivity contribution >= 4 is 11.6 Å². The number of methoxy groups -OCH3 is 1.